The summed E-state index contributed by atoms with van der Waals surface area (Å²) >= 11 is 0. The highest BCUT2D eigenvalue weighted by Crippen LogP contribution is 1.96. The maximum Gasteiger partial charge on any atom is 0.328 e. The Hall–Kier alpha value is -1.41. The lowest BCUT2D eigenvalue weighted by molar-refractivity contribution is 0.583. The predicted octanol–water partition coefficient (Wildman–Crippen LogP) is -2.02. The van der Waals surface area contributed by atoms with Gasteiger partial charge in [-0.25, -0.2) is 17.9 Å². The van der Waals surface area contributed by atoms with Gasteiger partial charge < -0.3 is 4.57 Å². The molecule has 8 heteroatoms. The number of aromatic amines is 1. The highest BCUT2D eigenvalue weighted by molar-refractivity contribution is 7.89. The molecule has 0 saturated carbocycles. The van der Waals surface area contributed by atoms with E-state index in [0.29, 0.717) is 0 Å². The molecule has 0 fully saturated rings. The van der Waals surface area contributed by atoms with Crippen molar-refractivity contribution in [2.24, 2.45) is 7.05 Å². The molecule has 0 atom stereocenters. The molecule has 0 saturated heterocycles. The zero-order chi connectivity index (χ0) is 10.9. The molecule has 0 spiro atoms. The minimum absolute atomic E-state index is 0.484. The second-order valence-electron chi connectivity index (χ2n) is 2.57. The van der Waals surface area contributed by atoms with E-state index in [-0.39, 0.29) is 0 Å². The predicted molar refractivity (Wildman–Crippen MR) is 48.5 cm³/mol. The van der Waals surface area contributed by atoms with Crippen LogP contribution in [-0.2, 0) is 17.1 Å². The molecule has 0 aliphatic heterocycles. The number of hydrogen-bond acceptors (Lipinski definition) is 4. The van der Waals surface area contributed by atoms with E-state index in [1.54, 1.807) is 0 Å². The first-order valence-corrected chi connectivity index (χ1v) is 5.10. The van der Waals surface area contributed by atoms with Crippen LogP contribution in [0.15, 0.2) is 20.7 Å². The number of hydrogen-bond donors (Lipinski definition) is 2. The van der Waals surface area contributed by atoms with Crippen LogP contribution in [0.25, 0.3) is 0 Å². The molecule has 78 valence electrons. The van der Waals surface area contributed by atoms with Crippen molar-refractivity contribution in [3.8, 4) is 0 Å². The summed E-state index contributed by atoms with van der Waals surface area (Å²) in [6.07, 6.45) is 0.965. The number of H-pyrrole nitrogens is 1. The first-order chi connectivity index (χ1) is 6.38. The van der Waals surface area contributed by atoms with Gasteiger partial charge in [-0.1, -0.05) is 0 Å². The van der Waals surface area contributed by atoms with Gasteiger partial charge in [0, 0.05) is 13.2 Å². The molecule has 7 nitrogen and oxygen atoms in total. The van der Waals surface area contributed by atoms with Crippen molar-refractivity contribution in [3.05, 3.63) is 27.0 Å². The van der Waals surface area contributed by atoms with Gasteiger partial charge in [-0.3, -0.25) is 9.78 Å². The molecule has 0 aliphatic carbocycles. The van der Waals surface area contributed by atoms with Crippen molar-refractivity contribution in [2.75, 3.05) is 7.05 Å². The smallest absolute Gasteiger partial charge is 0.302 e. The number of aryl methyl sites for hydroxylation is 1. The Morgan fingerprint density at radius 2 is 2.00 bits per heavy atom. The van der Waals surface area contributed by atoms with Gasteiger partial charge in [-0.05, 0) is 7.05 Å². The summed E-state index contributed by atoms with van der Waals surface area (Å²) in [4.78, 5) is 23.4. The topological polar surface area (TPSA) is 101 Å². The monoisotopic (exact) mass is 219 g/mol. The summed E-state index contributed by atoms with van der Waals surface area (Å²) in [6, 6.07) is 0. The average Bonchev–Trinajstić information content (AvgIpc) is 2.11. The van der Waals surface area contributed by atoms with E-state index in [1.807, 2.05) is 9.71 Å². The molecule has 1 aromatic rings. The lowest BCUT2D eigenvalue weighted by Gasteiger charge is -2.02. The second-order valence-corrected chi connectivity index (χ2v) is 4.43. The van der Waals surface area contributed by atoms with Gasteiger partial charge in [0.05, 0.1) is 0 Å². The summed E-state index contributed by atoms with van der Waals surface area (Å²) in [5, 5.41) is 0. The number of nitrogens with one attached hydrogen (secondary N) is 2. The van der Waals surface area contributed by atoms with E-state index in [0.717, 1.165) is 10.8 Å². The Bertz CT molecular complexity index is 553. The Morgan fingerprint density at radius 1 is 1.43 bits per heavy atom. The fourth-order valence-corrected chi connectivity index (χ4v) is 1.65. The molecule has 0 bridgehead atoms. The highest BCUT2D eigenvalue weighted by atomic mass is 32.2. The molecule has 14 heavy (non-hydrogen) atoms. The summed E-state index contributed by atoms with van der Waals surface area (Å²) in [5.41, 5.74) is -1.59. The standard InChI is InChI=1S/C6H9N3O4S/c1-7-14(12,13)4-3-9(2)6(11)8-5(4)10/h3,7H,1-2H3,(H,8,10,11). The van der Waals surface area contributed by atoms with Crippen molar-refractivity contribution < 1.29 is 8.42 Å². The fraction of sp³-hybridized carbons (Fsp3) is 0.333. The minimum Gasteiger partial charge on any atom is -0.302 e. The second kappa shape index (κ2) is 3.39. The molecule has 0 unspecified atom stereocenters. The highest BCUT2D eigenvalue weighted by Gasteiger charge is 2.16. The van der Waals surface area contributed by atoms with Gasteiger partial charge in [0.25, 0.3) is 5.56 Å². The van der Waals surface area contributed by atoms with Gasteiger partial charge in [0.15, 0.2) is 4.90 Å². The van der Waals surface area contributed by atoms with Gasteiger partial charge >= 0.3 is 5.69 Å². The van der Waals surface area contributed by atoms with Gasteiger partial charge in [-0.2, -0.15) is 0 Å². The van der Waals surface area contributed by atoms with E-state index < -0.39 is 26.2 Å². The van der Waals surface area contributed by atoms with Crippen LogP contribution in [0.3, 0.4) is 0 Å². The van der Waals surface area contributed by atoms with Crippen LogP contribution in [-0.4, -0.2) is 25.0 Å². The quantitative estimate of drug-likeness (QED) is 0.599. The summed E-state index contributed by atoms with van der Waals surface area (Å²) < 4.78 is 25.4. The van der Waals surface area contributed by atoms with Crippen LogP contribution in [0, 0.1) is 0 Å². The Morgan fingerprint density at radius 3 is 2.50 bits per heavy atom. The Balaban J connectivity index is 3.62. The van der Waals surface area contributed by atoms with Crippen molar-refractivity contribution in [1.82, 2.24) is 14.3 Å². The molecule has 0 aliphatic rings. The van der Waals surface area contributed by atoms with Crippen molar-refractivity contribution in [1.29, 1.82) is 0 Å². The first kappa shape index (κ1) is 10.7. The molecule has 1 heterocycles. The number of rotatable bonds is 2. The third-order valence-corrected chi connectivity index (χ3v) is 3.04. The van der Waals surface area contributed by atoms with E-state index in [9.17, 15) is 18.0 Å². The zero-order valence-corrected chi connectivity index (χ0v) is 8.38. The molecule has 1 aromatic heterocycles. The van der Waals surface area contributed by atoms with Crippen LogP contribution < -0.4 is 16.0 Å². The zero-order valence-electron chi connectivity index (χ0n) is 7.57. The van der Waals surface area contributed by atoms with Gasteiger partial charge in [-0.15, -0.1) is 0 Å². The minimum atomic E-state index is -3.82. The van der Waals surface area contributed by atoms with E-state index in [2.05, 4.69) is 0 Å². The Labute approximate surface area is 79.4 Å². The number of aromatic nitrogens is 2. The van der Waals surface area contributed by atoms with Crippen LogP contribution >= 0.6 is 0 Å². The first-order valence-electron chi connectivity index (χ1n) is 3.62. The molecule has 0 amide bonds. The summed E-state index contributed by atoms with van der Waals surface area (Å²) in [5.74, 6) is 0. The van der Waals surface area contributed by atoms with Gasteiger partial charge in [0.1, 0.15) is 0 Å². The maximum atomic E-state index is 11.2. The fourth-order valence-electron chi connectivity index (χ4n) is 0.841. The maximum absolute atomic E-state index is 11.2. The molecule has 0 radical (unpaired) electrons. The van der Waals surface area contributed by atoms with Crippen LogP contribution in [0.5, 0.6) is 0 Å². The lowest BCUT2D eigenvalue weighted by atomic mass is 10.6. The molecular formula is C6H9N3O4S. The average molecular weight is 219 g/mol. The lowest BCUT2D eigenvalue weighted by Crippen LogP contribution is -2.34. The van der Waals surface area contributed by atoms with Crippen molar-refractivity contribution in [3.63, 3.8) is 0 Å². The summed E-state index contributed by atoms with van der Waals surface area (Å²) in [6.45, 7) is 0. The third kappa shape index (κ3) is 1.75. The SMILES string of the molecule is CNS(=O)(=O)c1cn(C)c(=O)[nH]c1=O. The molecule has 0 aromatic carbocycles. The normalized spacial score (nSPS) is 11.6. The molecule has 1 rings (SSSR count). The van der Waals surface area contributed by atoms with E-state index in [4.69, 9.17) is 0 Å². The van der Waals surface area contributed by atoms with E-state index in [1.165, 1.54) is 14.1 Å². The van der Waals surface area contributed by atoms with Crippen molar-refractivity contribution in [2.45, 2.75) is 4.90 Å². The summed E-state index contributed by atoms with van der Waals surface area (Å²) in [7, 11) is -1.30. The largest absolute Gasteiger partial charge is 0.328 e. The van der Waals surface area contributed by atoms with Crippen LogP contribution in [0.1, 0.15) is 0 Å². The van der Waals surface area contributed by atoms with Crippen molar-refractivity contribution >= 4 is 10.0 Å². The third-order valence-electron chi connectivity index (χ3n) is 1.63. The molecular weight excluding hydrogens is 210 g/mol. The van der Waals surface area contributed by atoms with E-state index >= 15 is 0 Å². The Kier molecular flexibility index (Phi) is 2.58. The van der Waals surface area contributed by atoms with Crippen LogP contribution in [0.4, 0.5) is 0 Å². The van der Waals surface area contributed by atoms with Gasteiger partial charge in [0.2, 0.25) is 10.0 Å². The number of sulfonamides is 1. The van der Waals surface area contributed by atoms with Crippen LogP contribution in [0.2, 0.25) is 0 Å². The molecule has 2 N–H and O–H groups in total. The number of nitrogens with zero attached hydrogens (tertiary/aromatic N) is 1.